The third-order valence-electron chi connectivity index (χ3n) is 2.70. The fourth-order valence-electron chi connectivity index (χ4n) is 1.67. The quantitative estimate of drug-likeness (QED) is 0.588. The minimum absolute atomic E-state index is 0.408. The molecule has 1 aromatic rings. The molecule has 0 aromatic heterocycles. The second-order valence-electron chi connectivity index (χ2n) is 3.96. The number of aliphatic hydroxyl groups excluding tert-OH is 1. The van der Waals surface area contributed by atoms with Crippen molar-refractivity contribution in [3.05, 3.63) is 42.0 Å². The third-order valence-corrected chi connectivity index (χ3v) is 2.70. The lowest BCUT2D eigenvalue weighted by Gasteiger charge is -2.13. The van der Waals surface area contributed by atoms with Gasteiger partial charge < -0.3 is 9.84 Å². The van der Waals surface area contributed by atoms with Crippen molar-refractivity contribution >= 4 is 0 Å². The Morgan fingerprint density at radius 3 is 2.88 bits per heavy atom. The van der Waals surface area contributed by atoms with Crippen molar-refractivity contribution < 1.29 is 9.84 Å². The van der Waals surface area contributed by atoms with E-state index in [0.717, 1.165) is 36.1 Å². The second kappa shape index (κ2) is 6.33. The molecule has 2 nitrogen and oxygen atoms in total. The van der Waals surface area contributed by atoms with Crippen LogP contribution in [0.5, 0.6) is 5.75 Å². The van der Waals surface area contributed by atoms with Gasteiger partial charge >= 0.3 is 0 Å². The summed E-state index contributed by atoms with van der Waals surface area (Å²) in [5.41, 5.74) is 2.01. The Morgan fingerprint density at radius 2 is 2.25 bits per heavy atom. The summed E-state index contributed by atoms with van der Waals surface area (Å²) < 4.78 is 5.23. The first kappa shape index (κ1) is 12.8. The Hall–Kier alpha value is -1.28. The monoisotopic (exact) mass is 220 g/mol. The van der Waals surface area contributed by atoms with Crippen molar-refractivity contribution in [2.24, 2.45) is 0 Å². The van der Waals surface area contributed by atoms with Gasteiger partial charge in [0.25, 0.3) is 0 Å². The van der Waals surface area contributed by atoms with Crippen LogP contribution >= 0.6 is 0 Å². The molecule has 0 radical (unpaired) electrons. The van der Waals surface area contributed by atoms with Gasteiger partial charge in [-0.15, -0.1) is 6.58 Å². The van der Waals surface area contributed by atoms with Crippen molar-refractivity contribution in [2.45, 2.75) is 32.3 Å². The number of hydrogen-bond donors (Lipinski definition) is 1. The molecule has 1 unspecified atom stereocenters. The molecule has 1 rings (SSSR count). The first-order valence-electron chi connectivity index (χ1n) is 5.62. The van der Waals surface area contributed by atoms with Gasteiger partial charge in [-0.3, -0.25) is 0 Å². The fraction of sp³-hybridized carbons (Fsp3) is 0.429. The van der Waals surface area contributed by atoms with Gasteiger partial charge in [0.05, 0.1) is 13.2 Å². The normalized spacial score (nSPS) is 12.2. The predicted molar refractivity (Wildman–Crippen MR) is 66.7 cm³/mol. The van der Waals surface area contributed by atoms with Gasteiger partial charge in [-0.2, -0.15) is 0 Å². The Kier molecular flexibility index (Phi) is 5.06. The topological polar surface area (TPSA) is 29.5 Å². The SMILES string of the molecule is C=CCCCC(O)c1ccc(C)c(OC)c1. The van der Waals surface area contributed by atoms with Crippen LogP contribution in [0.1, 0.15) is 36.5 Å². The van der Waals surface area contributed by atoms with Gasteiger partial charge in [0.2, 0.25) is 0 Å². The molecule has 1 aromatic carbocycles. The minimum atomic E-state index is -0.408. The van der Waals surface area contributed by atoms with Gasteiger partial charge in [-0.1, -0.05) is 18.2 Å². The van der Waals surface area contributed by atoms with Crippen LogP contribution in [0.25, 0.3) is 0 Å². The van der Waals surface area contributed by atoms with E-state index in [-0.39, 0.29) is 0 Å². The van der Waals surface area contributed by atoms with Crippen LogP contribution in [-0.2, 0) is 0 Å². The molecule has 0 aliphatic heterocycles. The largest absolute Gasteiger partial charge is 0.496 e. The molecule has 0 spiro atoms. The zero-order valence-electron chi connectivity index (χ0n) is 10.1. The number of hydrogen-bond acceptors (Lipinski definition) is 2. The number of ether oxygens (including phenoxy) is 1. The molecule has 0 fully saturated rings. The minimum Gasteiger partial charge on any atom is -0.496 e. The third kappa shape index (κ3) is 3.38. The van der Waals surface area contributed by atoms with Crippen molar-refractivity contribution in [3.8, 4) is 5.75 Å². The van der Waals surface area contributed by atoms with Gasteiger partial charge in [0.15, 0.2) is 0 Å². The van der Waals surface area contributed by atoms with Crippen LogP contribution in [0.3, 0.4) is 0 Å². The number of benzene rings is 1. The van der Waals surface area contributed by atoms with E-state index in [0.29, 0.717) is 0 Å². The van der Waals surface area contributed by atoms with Crippen molar-refractivity contribution in [3.63, 3.8) is 0 Å². The lowest BCUT2D eigenvalue weighted by Crippen LogP contribution is -1.98. The van der Waals surface area contributed by atoms with Crippen LogP contribution in [0.2, 0.25) is 0 Å². The van der Waals surface area contributed by atoms with Gasteiger partial charge in [0.1, 0.15) is 5.75 Å². The molecule has 1 atom stereocenters. The maximum Gasteiger partial charge on any atom is 0.122 e. The number of aryl methyl sites for hydroxylation is 1. The van der Waals surface area contributed by atoms with E-state index < -0.39 is 6.10 Å². The highest BCUT2D eigenvalue weighted by Gasteiger charge is 2.09. The molecule has 0 saturated heterocycles. The van der Waals surface area contributed by atoms with Crippen LogP contribution in [-0.4, -0.2) is 12.2 Å². The van der Waals surface area contributed by atoms with Gasteiger partial charge in [-0.05, 0) is 43.4 Å². The fourth-order valence-corrected chi connectivity index (χ4v) is 1.67. The first-order chi connectivity index (χ1) is 7.69. The van der Waals surface area contributed by atoms with Crippen molar-refractivity contribution in [2.75, 3.05) is 7.11 Å². The highest BCUT2D eigenvalue weighted by molar-refractivity contribution is 5.37. The number of allylic oxidation sites excluding steroid dienone is 1. The molecule has 2 heteroatoms. The Labute approximate surface area is 97.6 Å². The van der Waals surface area contributed by atoms with E-state index >= 15 is 0 Å². The smallest absolute Gasteiger partial charge is 0.122 e. The molecular weight excluding hydrogens is 200 g/mol. The number of rotatable bonds is 6. The van der Waals surface area contributed by atoms with E-state index in [1.165, 1.54) is 0 Å². The summed E-state index contributed by atoms with van der Waals surface area (Å²) in [5, 5.41) is 9.97. The average molecular weight is 220 g/mol. The molecule has 0 bridgehead atoms. The Morgan fingerprint density at radius 1 is 1.50 bits per heavy atom. The summed E-state index contributed by atoms with van der Waals surface area (Å²) in [6, 6.07) is 5.84. The summed E-state index contributed by atoms with van der Waals surface area (Å²) in [5.74, 6) is 0.834. The first-order valence-corrected chi connectivity index (χ1v) is 5.62. The molecule has 0 aliphatic rings. The number of methoxy groups -OCH3 is 1. The van der Waals surface area contributed by atoms with E-state index in [1.807, 2.05) is 31.2 Å². The Balaban J connectivity index is 2.67. The summed E-state index contributed by atoms with van der Waals surface area (Å²) >= 11 is 0. The molecule has 0 aliphatic carbocycles. The summed E-state index contributed by atoms with van der Waals surface area (Å²) in [6.45, 7) is 5.66. The van der Waals surface area contributed by atoms with E-state index in [4.69, 9.17) is 4.74 Å². The zero-order chi connectivity index (χ0) is 12.0. The zero-order valence-corrected chi connectivity index (χ0v) is 10.1. The van der Waals surface area contributed by atoms with Crippen LogP contribution in [0.4, 0.5) is 0 Å². The standard InChI is InChI=1S/C14H20O2/c1-4-5-6-7-13(15)12-9-8-11(2)14(10-12)16-3/h4,8-10,13,15H,1,5-7H2,2-3H3. The lowest BCUT2D eigenvalue weighted by atomic mass is 10.0. The Bertz CT molecular complexity index is 345. The van der Waals surface area contributed by atoms with Crippen molar-refractivity contribution in [1.82, 2.24) is 0 Å². The van der Waals surface area contributed by atoms with Crippen molar-refractivity contribution in [1.29, 1.82) is 0 Å². The summed E-state index contributed by atoms with van der Waals surface area (Å²) in [7, 11) is 1.65. The van der Waals surface area contributed by atoms with Crippen LogP contribution < -0.4 is 4.74 Å². The van der Waals surface area contributed by atoms with E-state index in [9.17, 15) is 5.11 Å². The van der Waals surface area contributed by atoms with E-state index in [2.05, 4.69) is 6.58 Å². The molecule has 0 heterocycles. The maximum atomic E-state index is 9.97. The molecular formula is C14H20O2. The lowest BCUT2D eigenvalue weighted by molar-refractivity contribution is 0.164. The van der Waals surface area contributed by atoms with Crippen LogP contribution in [0.15, 0.2) is 30.9 Å². The summed E-state index contributed by atoms with van der Waals surface area (Å²) in [4.78, 5) is 0. The van der Waals surface area contributed by atoms with Gasteiger partial charge in [-0.25, -0.2) is 0 Å². The maximum absolute atomic E-state index is 9.97. The highest BCUT2D eigenvalue weighted by atomic mass is 16.5. The van der Waals surface area contributed by atoms with Crippen LogP contribution in [0, 0.1) is 6.92 Å². The summed E-state index contributed by atoms with van der Waals surface area (Å²) in [6.07, 6.45) is 4.14. The van der Waals surface area contributed by atoms with Gasteiger partial charge in [0, 0.05) is 0 Å². The molecule has 1 N–H and O–H groups in total. The molecule has 0 saturated carbocycles. The average Bonchev–Trinajstić information content (AvgIpc) is 2.30. The second-order valence-corrected chi connectivity index (χ2v) is 3.96. The molecule has 88 valence electrons. The number of aliphatic hydroxyl groups is 1. The highest BCUT2D eigenvalue weighted by Crippen LogP contribution is 2.25. The molecule has 0 amide bonds. The van der Waals surface area contributed by atoms with E-state index in [1.54, 1.807) is 7.11 Å². The molecule has 16 heavy (non-hydrogen) atoms. The number of unbranched alkanes of at least 4 members (excludes halogenated alkanes) is 1. The predicted octanol–water partition coefficient (Wildman–Crippen LogP) is 3.39.